The van der Waals surface area contributed by atoms with Crippen LogP contribution in [0.2, 0.25) is 0 Å². The van der Waals surface area contributed by atoms with E-state index in [1.807, 2.05) is 0 Å². The first-order chi connectivity index (χ1) is 8.29. The Morgan fingerprint density at radius 2 is 1.72 bits per heavy atom. The standard InChI is InChI=1S/C14H26N2O.ClH/c1-12-11-15-9-10-16(12)14(17)13-7-5-3-2-4-6-8-13;/h12-13,15H,2-11H2,1H3;1H. The first-order valence-electron chi connectivity index (χ1n) is 7.30. The van der Waals surface area contributed by atoms with Crippen LogP contribution in [0.5, 0.6) is 0 Å². The van der Waals surface area contributed by atoms with Gasteiger partial charge in [0.15, 0.2) is 0 Å². The van der Waals surface area contributed by atoms with Crippen LogP contribution >= 0.6 is 12.4 Å². The van der Waals surface area contributed by atoms with E-state index in [2.05, 4.69) is 17.1 Å². The van der Waals surface area contributed by atoms with Crippen LogP contribution in [-0.4, -0.2) is 36.5 Å². The minimum absolute atomic E-state index is 0. The van der Waals surface area contributed by atoms with Crippen LogP contribution < -0.4 is 5.32 Å². The van der Waals surface area contributed by atoms with Crippen molar-refractivity contribution in [3.8, 4) is 0 Å². The Morgan fingerprint density at radius 1 is 1.11 bits per heavy atom. The summed E-state index contributed by atoms with van der Waals surface area (Å²) in [5.41, 5.74) is 0. The van der Waals surface area contributed by atoms with E-state index in [0.717, 1.165) is 32.5 Å². The number of hydrogen-bond donors (Lipinski definition) is 1. The Hall–Kier alpha value is -0.280. The summed E-state index contributed by atoms with van der Waals surface area (Å²) in [6.07, 6.45) is 8.74. The number of nitrogens with zero attached hydrogens (tertiary/aromatic N) is 1. The fourth-order valence-corrected chi connectivity index (χ4v) is 3.11. The van der Waals surface area contributed by atoms with Crippen molar-refractivity contribution in [2.75, 3.05) is 19.6 Å². The van der Waals surface area contributed by atoms with Gasteiger partial charge in [0.2, 0.25) is 5.91 Å². The molecule has 1 aliphatic carbocycles. The molecule has 0 radical (unpaired) electrons. The van der Waals surface area contributed by atoms with Gasteiger partial charge in [-0.2, -0.15) is 0 Å². The minimum atomic E-state index is 0. The van der Waals surface area contributed by atoms with E-state index in [9.17, 15) is 4.79 Å². The molecule has 1 aliphatic heterocycles. The summed E-state index contributed by atoms with van der Waals surface area (Å²) in [6, 6.07) is 0.377. The van der Waals surface area contributed by atoms with Gasteiger partial charge in [-0.25, -0.2) is 0 Å². The van der Waals surface area contributed by atoms with Crippen molar-refractivity contribution in [1.29, 1.82) is 0 Å². The second-order valence-electron chi connectivity index (χ2n) is 5.63. The van der Waals surface area contributed by atoms with E-state index in [-0.39, 0.29) is 12.4 Å². The molecule has 1 heterocycles. The molecule has 106 valence electrons. The molecule has 2 fully saturated rings. The van der Waals surface area contributed by atoms with Crippen LogP contribution in [0.3, 0.4) is 0 Å². The highest BCUT2D eigenvalue weighted by atomic mass is 35.5. The molecule has 2 aliphatic rings. The summed E-state index contributed by atoms with van der Waals surface area (Å²) in [5.74, 6) is 0.747. The number of carbonyl (C=O) groups excluding carboxylic acids is 1. The number of nitrogens with one attached hydrogen (secondary N) is 1. The third-order valence-electron chi connectivity index (χ3n) is 4.24. The SMILES string of the molecule is CC1CNCCN1C(=O)C1CCCCCCC1.Cl. The summed E-state index contributed by atoms with van der Waals surface area (Å²) in [4.78, 5) is 14.6. The number of rotatable bonds is 1. The molecule has 3 nitrogen and oxygen atoms in total. The van der Waals surface area contributed by atoms with E-state index in [1.54, 1.807) is 0 Å². The summed E-state index contributed by atoms with van der Waals surface area (Å²) in [7, 11) is 0. The van der Waals surface area contributed by atoms with Crippen LogP contribution in [-0.2, 0) is 4.79 Å². The number of halogens is 1. The maximum atomic E-state index is 12.5. The number of carbonyl (C=O) groups is 1. The normalized spacial score (nSPS) is 26.9. The van der Waals surface area contributed by atoms with Crippen molar-refractivity contribution in [2.45, 2.75) is 57.9 Å². The van der Waals surface area contributed by atoms with E-state index in [0.29, 0.717) is 17.9 Å². The van der Waals surface area contributed by atoms with E-state index in [1.165, 1.54) is 32.1 Å². The minimum Gasteiger partial charge on any atom is -0.337 e. The predicted octanol–water partition coefficient (Wildman–Crippen LogP) is 2.59. The number of piperazine rings is 1. The molecule has 1 atom stereocenters. The van der Waals surface area contributed by atoms with Gasteiger partial charge < -0.3 is 10.2 Å². The third kappa shape index (κ3) is 4.13. The average Bonchev–Trinajstić information content (AvgIpc) is 2.28. The lowest BCUT2D eigenvalue weighted by molar-refractivity contribution is -0.139. The summed E-state index contributed by atoms with van der Waals surface area (Å²) >= 11 is 0. The molecule has 0 spiro atoms. The van der Waals surface area contributed by atoms with Gasteiger partial charge in [0.05, 0.1) is 0 Å². The average molecular weight is 275 g/mol. The van der Waals surface area contributed by atoms with Crippen molar-refractivity contribution in [3.63, 3.8) is 0 Å². The van der Waals surface area contributed by atoms with E-state index < -0.39 is 0 Å². The molecule has 0 aromatic rings. The second-order valence-corrected chi connectivity index (χ2v) is 5.63. The predicted molar refractivity (Wildman–Crippen MR) is 77.1 cm³/mol. The first-order valence-corrected chi connectivity index (χ1v) is 7.30. The maximum absolute atomic E-state index is 12.5. The van der Waals surface area contributed by atoms with Crippen molar-refractivity contribution >= 4 is 18.3 Å². The molecule has 0 aromatic heterocycles. The Labute approximate surface area is 117 Å². The van der Waals surface area contributed by atoms with Crippen molar-refractivity contribution in [3.05, 3.63) is 0 Å². The molecule has 4 heteroatoms. The van der Waals surface area contributed by atoms with Crippen LogP contribution in [0.15, 0.2) is 0 Å². The largest absolute Gasteiger partial charge is 0.337 e. The smallest absolute Gasteiger partial charge is 0.226 e. The van der Waals surface area contributed by atoms with Crippen molar-refractivity contribution in [2.24, 2.45) is 5.92 Å². The Bertz CT molecular complexity index is 252. The highest BCUT2D eigenvalue weighted by Gasteiger charge is 2.28. The molecule has 0 aromatic carbocycles. The van der Waals surface area contributed by atoms with Gasteiger partial charge in [0.25, 0.3) is 0 Å². The maximum Gasteiger partial charge on any atom is 0.226 e. The topological polar surface area (TPSA) is 32.3 Å². The highest BCUT2D eigenvalue weighted by molar-refractivity contribution is 5.85. The molecule has 2 rings (SSSR count). The second kappa shape index (κ2) is 8.00. The lowest BCUT2D eigenvalue weighted by Gasteiger charge is -2.36. The fourth-order valence-electron chi connectivity index (χ4n) is 3.11. The Balaban J connectivity index is 0.00000162. The van der Waals surface area contributed by atoms with Crippen LogP contribution in [0, 0.1) is 5.92 Å². The molecule has 1 saturated carbocycles. The number of hydrogen-bond acceptors (Lipinski definition) is 2. The molecule has 18 heavy (non-hydrogen) atoms. The molecular weight excluding hydrogens is 248 g/mol. The van der Waals surface area contributed by atoms with Gasteiger partial charge in [-0.1, -0.05) is 32.1 Å². The zero-order chi connectivity index (χ0) is 12.1. The van der Waals surface area contributed by atoms with Crippen molar-refractivity contribution < 1.29 is 4.79 Å². The fraction of sp³-hybridized carbons (Fsp3) is 0.929. The summed E-state index contributed by atoms with van der Waals surface area (Å²) in [6.45, 7) is 4.98. The van der Waals surface area contributed by atoms with Gasteiger partial charge in [-0.05, 0) is 19.8 Å². The quantitative estimate of drug-likeness (QED) is 0.797. The Morgan fingerprint density at radius 3 is 2.33 bits per heavy atom. The van der Waals surface area contributed by atoms with E-state index in [4.69, 9.17) is 0 Å². The first kappa shape index (κ1) is 15.8. The molecule has 1 amide bonds. The zero-order valence-electron chi connectivity index (χ0n) is 11.5. The third-order valence-corrected chi connectivity index (χ3v) is 4.24. The lowest BCUT2D eigenvalue weighted by atomic mass is 9.89. The molecule has 1 unspecified atom stereocenters. The zero-order valence-corrected chi connectivity index (χ0v) is 12.3. The van der Waals surface area contributed by atoms with Crippen LogP contribution in [0.4, 0.5) is 0 Å². The summed E-state index contributed by atoms with van der Waals surface area (Å²) < 4.78 is 0. The molecule has 0 bridgehead atoms. The Kier molecular flexibility index (Phi) is 7.02. The van der Waals surface area contributed by atoms with Gasteiger partial charge in [-0.3, -0.25) is 4.79 Å². The van der Waals surface area contributed by atoms with Gasteiger partial charge >= 0.3 is 0 Å². The van der Waals surface area contributed by atoms with Gasteiger partial charge in [0, 0.05) is 31.6 Å². The monoisotopic (exact) mass is 274 g/mol. The van der Waals surface area contributed by atoms with E-state index >= 15 is 0 Å². The highest BCUT2D eigenvalue weighted by Crippen LogP contribution is 2.24. The lowest BCUT2D eigenvalue weighted by Crippen LogP contribution is -2.53. The van der Waals surface area contributed by atoms with Crippen LogP contribution in [0.25, 0.3) is 0 Å². The molecule has 1 saturated heterocycles. The van der Waals surface area contributed by atoms with Crippen LogP contribution in [0.1, 0.15) is 51.9 Å². The molecular formula is C14H27ClN2O. The van der Waals surface area contributed by atoms with Crippen molar-refractivity contribution in [1.82, 2.24) is 10.2 Å². The number of amides is 1. The van der Waals surface area contributed by atoms with Gasteiger partial charge in [-0.15, -0.1) is 12.4 Å². The molecule has 1 N–H and O–H groups in total. The van der Waals surface area contributed by atoms with Gasteiger partial charge in [0.1, 0.15) is 0 Å². The summed E-state index contributed by atoms with van der Waals surface area (Å²) in [5, 5.41) is 3.35.